The molecule has 1 aromatic heterocycles. The summed E-state index contributed by atoms with van der Waals surface area (Å²) in [4.78, 5) is 25.6. The summed E-state index contributed by atoms with van der Waals surface area (Å²) < 4.78 is 0. The van der Waals surface area contributed by atoms with Gasteiger partial charge in [0, 0.05) is 12.2 Å². The third-order valence-electron chi connectivity index (χ3n) is 4.10. The maximum Gasteiger partial charge on any atom is 0.354 e. The van der Waals surface area contributed by atoms with Gasteiger partial charge in [0.1, 0.15) is 5.69 Å². The number of anilines is 1. The molecule has 0 spiro atoms. The first-order valence-corrected chi connectivity index (χ1v) is 7.43. The van der Waals surface area contributed by atoms with E-state index in [0.29, 0.717) is 23.8 Å². The maximum atomic E-state index is 11.9. The van der Waals surface area contributed by atoms with Crippen LogP contribution in [0.1, 0.15) is 48.8 Å². The maximum absolute atomic E-state index is 11.9. The number of carboxylic acids is 1. The van der Waals surface area contributed by atoms with Crippen molar-refractivity contribution in [2.24, 2.45) is 11.8 Å². The van der Waals surface area contributed by atoms with E-state index in [9.17, 15) is 9.59 Å². The minimum absolute atomic E-state index is 0.00846. The smallest absolute Gasteiger partial charge is 0.354 e. The number of hydrogen-bond acceptors (Lipinski definition) is 2. The van der Waals surface area contributed by atoms with Crippen LogP contribution in [0.25, 0.3) is 0 Å². The number of nitrogens with one attached hydrogen (secondary N) is 3. The molecule has 1 aliphatic carbocycles. The van der Waals surface area contributed by atoms with Gasteiger partial charge in [-0.1, -0.05) is 19.8 Å². The molecule has 0 aromatic carbocycles. The fourth-order valence-electron chi connectivity index (χ4n) is 2.79. The average molecular weight is 293 g/mol. The molecular weight excluding hydrogens is 270 g/mol. The van der Waals surface area contributed by atoms with Crippen molar-refractivity contribution >= 4 is 17.7 Å². The second-order valence-corrected chi connectivity index (χ2v) is 6.01. The number of aromatic carboxylic acids is 1. The summed E-state index contributed by atoms with van der Waals surface area (Å²) >= 11 is 0. The van der Waals surface area contributed by atoms with Gasteiger partial charge in [-0.3, -0.25) is 0 Å². The van der Waals surface area contributed by atoms with Gasteiger partial charge in [-0.2, -0.15) is 0 Å². The highest BCUT2D eigenvalue weighted by molar-refractivity contribution is 5.99. The Kier molecular flexibility index (Phi) is 4.88. The lowest BCUT2D eigenvalue weighted by Gasteiger charge is -2.26. The molecule has 1 aromatic rings. The summed E-state index contributed by atoms with van der Waals surface area (Å²) in [5.74, 6) is 0.231. The molecule has 1 heterocycles. The van der Waals surface area contributed by atoms with E-state index in [0.717, 1.165) is 18.8 Å². The standard InChI is InChI=1S/C15H23N3O3/c1-9-3-5-11(6-4-9)8-16-15(21)18-12-7-10(2)17-13(12)14(19)20/h7,9,11,17H,3-6,8H2,1-2H3,(H,19,20)(H2,16,18,21). The Balaban J connectivity index is 1.83. The van der Waals surface area contributed by atoms with Crippen molar-refractivity contribution in [2.45, 2.75) is 39.5 Å². The lowest BCUT2D eigenvalue weighted by Crippen LogP contribution is -2.34. The normalized spacial score (nSPS) is 21.8. The fourth-order valence-corrected chi connectivity index (χ4v) is 2.79. The first-order valence-electron chi connectivity index (χ1n) is 7.43. The average Bonchev–Trinajstić information content (AvgIpc) is 2.79. The SMILES string of the molecule is Cc1cc(NC(=O)NCC2CCC(C)CC2)c(C(=O)O)[nH]1. The molecule has 1 saturated carbocycles. The number of carboxylic acid groups (broad SMARTS) is 1. The number of carbonyl (C=O) groups excluding carboxylic acids is 1. The molecule has 2 rings (SSSR count). The summed E-state index contributed by atoms with van der Waals surface area (Å²) in [6.07, 6.45) is 4.72. The number of H-pyrrole nitrogens is 1. The van der Waals surface area contributed by atoms with Crippen molar-refractivity contribution in [2.75, 3.05) is 11.9 Å². The monoisotopic (exact) mass is 293 g/mol. The molecule has 0 bridgehead atoms. The van der Waals surface area contributed by atoms with E-state index in [4.69, 9.17) is 5.11 Å². The van der Waals surface area contributed by atoms with Crippen molar-refractivity contribution in [3.8, 4) is 0 Å². The zero-order chi connectivity index (χ0) is 15.4. The molecule has 6 heteroatoms. The summed E-state index contributed by atoms with van der Waals surface area (Å²) in [7, 11) is 0. The second-order valence-electron chi connectivity index (χ2n) is 6.01. The number of aromatic amines is 1. The van der Waals surface area contributed by atoms with E-state index >= 15 is 0 Å². The van der Waals surface area contributed by atoms with Gasteiger partial charge in [-0.05, 0) is 37.7 Å². The van der Waals surface area contributed by atoms with Crippen LogP contribution in [0.4, 0.5) is 10.5 Å². The molecule has 6 nitrogen and oxygen atoms in total. The Bertz CT molecular complexity index is 516. The Hall–Kier alpha value is -1.98. The largest absolute Gasteiger partial charge is 0.477 e. The van der Waals surface area contributed by atoms with Gasteiger partial charge in [0.2, 0.25) is 0 Å². The van der Waals surface area contributed by atoms with Crippen LogP contribution >= 0.6 is 0 Å². The summed E-state index contributed by atoms with van der Waals surface area (Å²) in [5.41, 5.74) is 1.01. The minimum Gasteiger partial charge on any atom is -0.477 e. The summed E-state index contributed by atoms with van der Waals surface area (Å²) in [5, 5.41) is 14.5. The van der Waals surface area contributed by atoms with Gasteiger partial charge < -0.3 is 20.7 Å². The van der Waals surface area contributed by atoms with Crippen LogP contribution in [0, 0.1) is 18.8 Å². The number of hydrogen-bond donors (Lipinski definition) is 4. The van der Waals surface area contributed by atoms with E-state index in [1.54, 1.807) is 13.0 Å². The van der Waals surface area contributed by atoms with E-state index in [2.05, 4.69) is 22.5 Å². The Morgan fingerprint density at radius 1 is 1.33 bits per heavy atom. The van der Waals surface area contributed by atoms with Gasteiger partial charge in [-0.15, -0.1) is 0 Å². The summed E-state index contributed by atoms with van der Waals surface area (Å²) in [6.45, 7) is 4.65. The van der Waals surface area contributed by atoms with E-state index < -0.39 is 5.97 Å². The molecule has 0 aliphatic heterocycles. The minimum atomic E-state index is -1.08. The molecule has 4 N–H and O–H groups in total. The van der Waals surface area contributed by atoms with Crippen molar-refractivity contribution in [1.29, 1.82) is 0 Å². The molecule has 0 unspecified atom stereocenters. The highest BCUT2D eigenvalue weighted by Crippen LogP contribution is 2.27. The van der Waals surface area contributed by atoms with Crippen molar-refractivity contribution in [1.82, 2.24) is 10.3 Å². The molecule has 0 radical (unpaired) electrons. The third kappa shape index (κ3) is 4.24. The van der Waals surface area contributed by atoms with Crippen LogP contribution in [0.5, 0.6) is 0 Å². The number of aryl methyl sites for hydroxylation is 1. The number of aromatic nitrogens is 1. The zero-order valence-electron chi connectivity index (χ0n) is 12.5. The van der Waals surface area contributed by atoms with E-state index in [1.165, 1.54) is 12.8 Å². The third-order valence-corrected chi connectivity index (χ3v) is 4.10. The number of amides is 2. The Labute approximate surface area is 124 Å². The van der Waals surface area contributed by atoms with E-state index in [1.807, 2.05) is 0 Å². The molecule has 0 saturated heterocycles. The van der Waals surface area contributed by atoms with Crippen LogP contribution in [0.2, 0.25) is 0 Å². The van der Waals surface area contributed by atoms with Gasteiger partial charge in [-0.25, -0.2) is 9.59 Å². The zero-order valence-corrected chi connectivity index (χ0v) is 12.5. The molecule has 1 fully saturated rings. The van der Waals surface area contributed by atoms with Crippen molar-refractivity contribution < 1.29 is 14.7 Å². The first-order chi connectivity index (χ1) is 9.95. The van der Waals surface area contributed by atoms with Crippen molar-refractivity contribution in [3.63, 3.8) is 0 Å². The van der Waals surface area contributed by atoms with Crippen LogP contribution in [0.3, 0.4) is 0 Å². The van der Waals surface area contributed by atoms with Crippen LogP contribution in [-0.2, 0) is 0 Å². The predicted molar refractivity (Wildman–Crippen MR) is 80.6 cm³/mol. The lowest BCUT2D eigenvalue weighted by atomic mass is 9.83. The van der Waals surface area contributed by atoms with Gasteiger partial charge in [0.25, 0.3) is 0 Å². The van der Waals surface area contributed by atoms with Gasteiger partial charge in [0.15, 0.2) is 0 Å². The molecule has 116 valence electrons. The highest BCUT2D eigenvalue weighted by Gasteiger charge is 2.19. The summed E-state index contributed by atoms with van der Waals surface area (Å²) in [6, 6.07) is 1.26. The molecule has 1 aliphatic rings. The van der Waals surface area contributed by atoms with E-state index in [-0.39, 0.29) is 11.7 Å². The van der Waals surface area contributed by atoms with Crippen molar-refractivity contribution in [3.05, 3.63) is 17.5 Å². The topological polar surface area (TPSA) is 94.2 Å². The quantitative estimate of drug-likeness (QED) is 0.687. The second kappa shape index (κ2) is 6.65. The Morgan fingerprint density at radius 3 is 2.62 bits per heavy atom. The fraction of sp³-hybridized carbons (Fsp3) is 0.600. The van der Waals surface area contributed by atoms with Crippen LogP contribution < -0.4 is 10.6 Å². The number of urea groups is 1. The van der Waals surface area contributed by atoms with Crippen LogP contribution in [-0.4, -0.2) is 28.6 Å². The molecule has 0 atom stereocenters. The first kappa shape index (κ1) is 15.4. The number of carbonyl (C=O) groups is 2. The Morgan fingerprint density at radius 2 is 2.00 bits per heavy atom. The van der Waals surface area contributed by atoms with Gasteiger partial charge in [0.05, 0.1) is 5.69 Å². The molecule has 2 amide bonds. The van der Waals surface area contributed by atoms with Crippen LogP contribution in [0.15, 0.2) is 6.07 Å². The lowest BCUT2D eigenvalue weighted by molar-refractivity contribution is 0.0692. The number of rotatable bonds is 4. The predicted octanol–water partition coefficient (Wildman–Crippen LogP) is 2.97. The molecule has 21 heavy (non-hydrogen) atoms. The molecular formula is C15H23N3O3. The highest BCUT2D eigenvalue weighted by atomic mass is 16.4. The van der Waals surface area contributed by atoms with Gasteiger partial charge >= 0.3 is 12.0 Å².